The topological polar surface area (TPSA) is 194 Å². The number of nitrogens with one attached hydrogen (secondary N) is 1. The van der Waals surface area contributed by atoms with Gasteiger partial charge in [-0.15, -0.1) is 0 Å². The van der Waals surface area contributed by atoms with E-state index in [4.69, 9.17) is 5.73 Å². The number of primary amides is 1. The Balaban J connectivity index is 1.57. The molecule has 222 valence electrons. The first-order valence-corrected chi connectivity index (χ1v) is 13.8. The van der Waals surface area contributed by atoms with Crippen LogP contribution in [-0.2, 0) is 27.3 Å². The Morgan fingerprint density at radius 2 is 1.74 bits per heavy atom. The van der Waals surface area contributed by atoms with Gasteiger partial charge in [0.1, 0.15) is 22.8 Å². The lowest BCUT2D eigenvalue weighted by Gasteiger charge is -2.53. The Bertz CT molecular complexity index is 1530. The molecule has 0 heterocycles. The third kappa shape index (κ3) is 4.23. The largest absolute Gasteiger partial charge is 0.508 e. The van der Waals surface area contributed by atoms with E-state index in [1.165, 1.54) is 19.0 Å². The fraction of sp³-hybridized carbons (Fsp3) is 0.387. The number of carbonyl (C=O) groups is 3. The van der Waals surface area contributed by atoms with Crippen LogP contribution in [0.5, 0.6) is 5.75 Å². The molecule has 5 rings (SSSR count). The average Bonchev–Trinajstić information content (AvgIpc) is 2.94. The molecule has 6 atom stereocenters. The number of fused-ring (bicyclic) bond motifs is 3. The average molecular weight is 578 g/mol. The number of aromatic hydroxyl groups is 1. The number of likely N-dealkylation sites (N-methyl/N-ethyl adjacent to an activating group) is 1. The summed E-state index contributed by atoms with van der Waals surface area (Å²) in [4.78, 5) is 40.8. The Morgan fingerprint density at radius 1 is 1.07 bits per heavy atom. The van der Waals surface area contributed by atoms with Gasteiger partial charge in [-0.2, -0.15) is 0 Å². The van der Waals surface area contributed by atoms with E-state index in [9.17, 15) is 39.9 Å². The molecule has 0 aliphatic heterocycles. The summed E-state index contributed by atoms with van der Waals surface area (Å²) in [6, 6.07) is 11.9. The molecule has 2 aromatic rings. The van der Waals surface area contributed by atoms with Gasteiger partial charge in [0.25, 0.3) is 5.91 Å². The van der Waals surface area contributed by atoms with Gasteiger partial charge in [-0.25, -0.2) is 0 Å². The van der Waals surface area contributed by atoms with Crippen molar-refractivity contribution in [3.05, 3.63) is 81.6 Å². The molecule has 11 heteroatoms. The number of hydrogen-bond donors (Lipinski definition) is 7. The van der Waals surface area contributed by atoms with Crippen LogP contribution < -0.4 is 11.1 Å². The molecule has 8 N–H and O–H groups in total. The van der Waals surface area contributed by atoms with Crippen LogP contribution in [0.3, 0.4) is 0 Å². The van der Waals surface area contributed by atoms with Gasteiger partial charge in [0, 0.05) is 23.6 Å². The quantitative estimate of drug-likeness (QED) is 0.183. The van der Waals surface area contributed by atoms with Gasteiger partial charge in [-0.1, -0.05) is 49.4 Å². The number of nitrogens with two attached hydrogens (primary N) is 1. The fourth-order valence-electron chi connectivity index (χ4n) is 6.90. The molecule has 1 saturated carbocycles. The number of nitrogens with zero attached hydrogens (tertiary/aromatic N) is 1. The highest BCUT2D eigenvalue weighted by atomic mass is 16.4. The molecule has 3 aliphatic carbocycles. The molecule has 0 aromatic heterocycles. The van der Waals surface area contributed by atoms with Gasteiger partial charge in [-0.05, 0) is 44.1 Å². The Kier molecular flexibility index (Phi) is 7.48. The number of ketones is 2. The summed E-state index contributed by atoms with van der Waals surface area (Å²) in [6.07, 6.45) is -0.865. The van der Waals surface area contributed by atoms with Crippen LogP contribution >= 0.6 is 0 Å². The Morgan fingerprint density at radius 3 is 2.36 bits per heavy atom. The maximum absolute atomic E-state index is 14.1. The number of aliphatic hydroxyl groups excluding tert-OH is 3. The SMILES string of the molecule is C[C@@H]1c2ccc(CNCCc3ccccc3)c(O)c2C(O)=C2C(=O)[C@@]3(O)C(O)=C(C(N)=O)C(=O)[C@@H](N(C)C)[C@@H]3[C@H](O)[C@H]21. The third-order valence-electron chi connectivity index (χ3n) is 8.96. The minimum absolute atomic E-state index is 0.0200. The van der Waals surface area contributed by atoms with Crippen LogP contribution in [0, 0.1) is 11.8 Å². The van der Waals surface area contributed by atoms with Crippen molar-refractivity contribution in [2.24, 2.45) is 17.6 Å². The van der Waals surface area contributed by atoms with Crippen molar-refractivity contribution >= 4 is 23.2 Å². The summed E-state index contributed by atoms with van der Waals surface area (Å²) in [5, 5.41) is 60.4. The number of benzene rings is 2. The van der Waals surface area contributed by atoms with Crippen LogP contribution in [0.25, 0.3) is 5.76 Å². The molecule has 3 aliphatic rings. The summed E-state index contributed by atoms with van der Waals surface area (Å²) in [5.74, 6) is -8.97. The van der Waals surface area contributed by atoms with E-state index >= 15 is 0 Å². The lowest BCUT2D eigenvalue weighted by atomic mass is 9.54. The van der Waals surface area contributed by atoms with E-state index in [1.807, 2.05) is 30.3 Å². The summed E-state index contributed by atoms with van der Waals surface area (Å²) in [6.45, 7) is 2.58. The molecular weight excluding hydrogens is 542 g/mol. The van der Waals surface area contributed by atoms with Crippen molar-refractivity contribution < 1.29 is 39.9 Å². The van der Waals surface area contributed by atoms with Crippen LogP contribution in [0.2, 0.25) is 0 Å². The predicted molar refractivity (Wildman–Crippen MR) is 152 cm³/mol. The van der Waals surface area contributed by atoms with E-state index in [2.05, 4.69) is 5.32 Å². The maximum atomic E-state index is 14.1. The lowest BCUT2D eigenvalue weighted by Crippen LogP contribution is -2.70. The molecule has 42 heavy (non-hydrogen) atoms. The standard InChI is InChI=1S/C31H35N3O8/c1-14-17-10-9-16(13-33-12-11-15-7-5-4-6-8-15)24(35)19(17)25(36)20-18(14)26(37)22-23(34(2)3)27(38)21(30(32)41)29(40)31(22,42)28(20)39/h4-10,14,18,22-23,26,33,35-37,40,42H,11-13H2,1-3H3,(H2,32,41)/t14-,18+,22-,23+,26-,31-/m1/s1. The van der Waals surface area contributed by atoms with Crippen molar-refractivity contribution in [2.75, 3.05) is 20.6 Å². The van der Waals surface area contributed by atoms with Gasteiger partial charge in [0.2, 0.25) is 5.78 Å². The summed E-state index contributed by atoms with van der Waals surface area (Å²) in [5.41, 5.74) is 3.11. The van der Waals surface area contributed by atoms with E-state index in [1.54, 1.807) is 19.1 Å². The second-order valence-corrected chi connectivity index (χ2v) is 11.5. The first-order chi connectivity index (χ1) is 19.8. The number of carbonyl (C=O) groups excluding carboxylic acids is 3. The Hall–Kier alpha value is -4.03. The third-order valence-corrected chi connectivity index (χ3v) is 8.96. The molecule has 1 fully saturated rings. The van der Waals surface area contributed by atoms with Gasteiger partial charge >= 0.3 is 0 Å². The summed E-state index contributed by atoms with van der Waals surface area (Å²) in [7, 11) is 2.94. The zero-order chi connectivity index (χ0) is 30.7. The van der Waals surface area contributed by atoms with Crippen LogP contribution in [0.1, 0.15) is 35.1 Å². The highest BCUT2D eigenvalue weighted by Gasteiger charge is 2.68. The van der Waals surface area contributed by atoms with Crippen molar-refractivity contribution in [1.29, 1.82) is 0 Å². The van der Waals surface area contributed by atoms with Crippen molar-refractivity contribution in [2.45, 2.75) is 43.6 Å². The minimum atomic E-state index is -2.93. The first kappa shape index (κ1) is 29.5. The predicted octanol–water partition coefficient (Wildman–Crippen LogP) is 0.828. The van der Waals surface area contributed by atoms with Crippen LogP contribution in [-0.4, -0.2) is 86.3 Å². The monoisotopic (exact) mass is 577 g/mol. The van der Waals surface area contributed by atoms with Gasteiger partial charge in [-0.3, -0.25) is 19.3 Å². The summed E-state index contributed by atoms with van der Waals surface area (Å²) >= 11 is 0. The first-order valence-electron chi connectivity index (χ1n) is 13.8. The molecule has 1 amide bonds. The highest BCUT2D eigenvalue weighted by Crippen LogP contribution is 2.56. The van der Waals surface area contributed by atoms with Gasteiger partial charge < -0.3 is 36.6 Å². The van der Waals surface area contributed by atoms with E-state index in [-0.39, 0.29) is 17.9 Å². The molecule has 0 saturated heterocycles. The Labute approximate surface area is 242 Å². The number of hydrogen-bond acceptors (Lipinski definition) is 10. The van der Waals surface area contributed by atoms with Crippen LogP contribution in [0.4, 0.5) is 0 Å². The molecule has 0 bridgehead atoms. The van der Waals surface area contributed by atoms with E-state index in [0.29, 0.717) is 17.7 Å². The fourth-order valence-corrected chi connectivity index (χ4v) is 6.90. The second-order valence-electron chi connectivity index (χ2n) is 11.5. The van der Waals surface area contributed by atoms with Crippen molar-refractivity contribution in [1.82, 2.24) is 10.2 Å². The number of aliphatic hydroxyl groups is 4. The van der Waals surface area contributed by atoms with Crippen molar-refractivity contribution in [3.63, 3.8) is 0 Å². The van der Waals surface area contributed by atoms with E-state index < -0.39 is 75.6 Å². The molecule has 0 unspecified atom stereocenters. The highest BCUT2D eigenvalue weighted by molar-refractivity contribution is 6.24. The maximum Gasteiger partial charge on any atom is 0.255 e. The zero-order valence-electron chi connectivity index (χ0n) is 23.5. The van der Waals surface area contributed by atoms with Crippen LogP contribution in [0.15, 0.2) is 59.4 Å². The zero-order valence-corrected chi connectivity index (χ0v) is 23.5. The number of Topliss-reactive ketones (excluding diaryl/α,β-unsaturated/α-hetero) is 2. The smallest absolute Gasteiger partial charge is 0.255 e. The number of amides is 1. The number of phenols is 1. The van der Waals surface area contributed by atoms with Gasteiger partial charge in [0.05, 0.1) is 23.6 Å². The molecular formula is C31H35N3O8. The molecule has 11 nitrogen and oxygen atoms in total. The lowest BCUT2D eigenvalue weighted by molar-refractivity contribution is -0.169. The van der Waals surface area contributed by atoms with E-state index in [0.717, 1.165) is 12.0 Å². The van der Waals surface area contributed by atoms with Crippen molar-refractivity contribution in [3.8, 4) is 5.75 Å². The normalized spacial score (nSPS) is 29.0. The molecule has 2 aromatic carbocycles. The van der Waals surface area contributed by atoms with Gasteiger partial charge in [0.15, 0.2) is 11.4 Å². The summed E-state index contributed by atoms with van der Waals surface area (Å²) < 4.78 is 0. The number of phenolic OH excluding ortho intramolecular Hbond substituents is 1. The second kappa shape index (κ2) is 10.7. The molecule has 0 spiro atoms. The number of rotatable bonds is 7. The minimum Gasteiger partial charge on any atom is -0.508 e. The molecule has 0 radical (unpaired) electrons.